The molecule has 1 amide bonds. The van der Waals surface area contributed by atoms with E-state index in [4.69, 9.17) is 4.74 Å². The molecule has 0 fully saturated rings. The molecule has 4 nitrogen and oxygen atoms in total. The molecule has 0 spiro atoms. The first-order valence-electron chi connectivity index (χ1n) is 8.69. The van der Waals surface area contributed by atoms with Crippen molar-refractivity contribution in [2.75, 3.05) is 23.8 Å². The normalized spacial score (nSPS) is 10.3. The third-order valence-corrected chi connectivity index (χ3v) is 3.70. The lowest BCUT2D eigenvalue weighted by molar-refractivity contribution is -0.114. The minimum Gasteiger partial charge on any atom is -0.494 e. The summed E-state index contributed by atoms with van der Waals surface area (Å²) in [5.41, 5.74) is 1.41. The van der Waals surface area contributed by atoms with Gasteiger partial charge in [0.05, 0.1) is 13.2 Å². The van der Waals surface area contributed by atoms with Crippen LogP contribution in [0.25, 0.3) is 0 Å². The molecule has 0 aliphatic carbocycles. The van der Waals surface area contributed by atoms with Gasteiger partial charge in [0.15, 0.2) is 0 Å². The Balaban J connectivity index is 1.69. The van der Waals surface area contributed by atoms with Crippen LogP contribution in [0, 0.1) is 5.82 Å². The molecule has 0 heterocycles. The fraction of sp³-hybridized carbons (Fsp3) is 0.350. The molecule has 0 atom stereocenters. The van der Waals surface area contributed by atoms with E-state index in [1.54, 1.807) is 0 Å². The number of hydrogen-bond donors (Lipinski definition) is 2. The van der Waals surface area contributed by atoms with Gasteiger partial charge in [-0.15, -0.1) is 0 Å². The Morgan fingerprint density at radius 2 is 1.64 bits per heavy atom. The molecule has 0 unspecified atom stereocenters. The second-order valence-corrected chi connectivity index (χ2v) is 5.84. The molecule has 134 valence electrons. The van der Waals surface area contributed by atoms with Crippen LogP contribution in [0.5, 0.6) is 5.75 Å². The summed E-state index contributed by atoms with van der Waals surface area (Å²) >= 11 is 0. The lowest BCUT2D eigenvalue weighted by Crippen LogP contribution is -2.21. The summed E-state index contributed by atoms with van der Waals surface area (Å²) in [7, 11) is 0. The Bertz CT molecular complexity index is 642. The van der Waals surface area contributed by atoms with Gasteiger partial charge in [0.1, 0.15) is 11.6 Å². The number of carbonyl (C=O) groups is 1. The van der Waals surface area contributed by atoms with E-state index in [0.29, 0.717) is 5.69 Å². The molecule has 2 aromatic rings. The highest BCUT2D eigenvalue weighted by Gasteiger charge is 2.03. The van der Waals surface area contributed by atoms with Gasteiger partial charge < -0.3 is 15.4 Å². The molecule has 0 saturated carbocycles. The first-order chi connectivity index (χ1) is 12.2. The maximum Gasteiger partial charge on any atom is 0.243 e. The van der Waals surface area contributed by atoms with Crippen molar-refractivity contribution in [2.24, 2.45) is 0 Å². The molecular formula is C20H25FN2O2. The molecular weight excluding hydrogens is 319 g/mol. The highest BCUT2D eigenvalue weighted by atomic mass is 19.1. The summed E-state index contributed by atoms with van der Waals surface area (Å²) in [6.45, 7) is 3.05. The summed E-state index contributed by atoms with van der Waals surface area (Å²) in [4.78, 5) is 11.9. The van der Waals surface area contributed by atoms with Gasteiger partial charge in [0.25, 0.3) is 0 Å². The Morgan fingerprint density at radius 1 is 0.960 bits per heavy atom. The van der Waals surface area contributed by atoms with Crippen molar-refractivity contribution in [3.05, 3.63) is 54.3 Å². The zero-order valence-electron chi connectivity index (χ0n) is 14.6. The molecule has 25 heavy (non-hydrogen) atoms. The van der Waals surface area contributed by atoms with Gasteiger partial charge in [-0.2, -0.15) is 0 Å². The Labute approximate surface area is 148 Å². The van der Waals surface area contributed by atoms with E-state index < -0.39 is 0 Å². The largest absolute Gasteiger partial charge is 0.494 e. The second-order valence-electron chi connectivity index (χ2n) is 5.84. The van der Waals surface area contributed by atoms with Crippen molar-refractivity contribution < 1.29 is 13.9 Å². The third-order valence-electron chi connectivity index (χ3n) is 3.70. The first-order valence-corrected chi connectivity index (χ1v) is 8.69. The maximum absolute atomic E-state index is 12.8. The summed E-state index contributed by atoms with van der Waals surface area (Å²) in [6.07, 6.45) is 4.72. The number of rotatable bonds is 10. The topological polar surface area (TPSA) is 50.4 Å². The molecule has 2 aromatic carbocycles. The van der Waals surface area contributed by atoms with E-state index in [1.807, 2.05) is 24.3 Å². The number of unbranched alkanes of at least 4 members (excludes halogenated alkanes) is 3. The highest BCUT2D eigenvalue weighted by Crippen LogP contribution is 2.16. The lowest BCUT2D eigenvalue weighted by Gasteiger charge is -2.09. The number of halogens is 1. The van der Waals surface area contributed by atoms with Gasteiger partial charge in [-0.25, -0.2) is 4.39 Å². The summed E-state index contributed by atoms with van der Waals surface area (Å²) in [6, 6.07) is 13.2. The first kappa shape index (κ1) is 18.8. The summed E-state index contributed by atoms with van der Waals surface area (Å²) in [5.74, 6) is 0.310. The van der Waals surface area contributed by atoms with Crippen molar-refractivity contribution in [1.82, 2.24) is 0 Å². The van der Waals surface area contributed by atoms with Crippen molar-refractivity contribution in [1.29, 1.82) is 0 Å². The van der Waals surface area contributed by atoms with E-state index in [1.165, 1.54) is 43.5 Å². The Morgan fingerprint density at radius 3 is 2.32 bits per heavy atom. The van der Waals surface area contributed by atoms with Crippen molar-refractivity contribution in [2.45, 2.75) is 32.6 Å². The van der Waals surface area contributed by atoms with E-state index in [0.717, 1.165) is 24.5 Å². The Kier molecular flexibility index (Phi) is 7.76. The zero-order chi connectivity index (χ0) is 17.9. The van der Waals surface area contributed by atoms with Crippen LogP contribution in [0.15, 0.2) is 48.5 Å². The Hall–Kier alpha value is -2.56. The molecule has 2 rings (SSSR count). The third kappa shape index (κ3) is 7.25. The van der Waals surface area contributed by atoms with Gasteiger partial charge >= 0.3 is 0 Å². The van der Waals surface area contributed by atoms with Crippen molar-refractivity contribution in [3.8, 4) is 5.75 Å². The number of amides is 1. The van der Waals surface area contributed by atoms with Crippen LogP contribution in [0.2, 0.25) is 0 Å². The molecule has 0 saturated heterocycles. The summed E-state index contributed by atoms with van der Waals surface area (Å²) in [5, 5.41) is 5.75. The number of anilines is 2. The van der Waals surface area contributed by atoms with Crippen LogP contribution in [-0.2, 0) is 4.79 Å². The van der Waals surface area contributed by atoms with Crippen LogP contribution in [-0.4, -0.2) is 19.1 Å². The number of hydrogen-bond acceptors (Lipinski definition) is 3. The summed E-state index contributed by atoms with van der Waals surface area (Å²) < 4.78 is 18.5. The molecule has 0 radical (unpaired) electrons. The second kappa shape index (κ2) is 10.3. The monoisotopic (exact) mass is 344 g/mol. The molecule has 0 aliphatic heterocycles. The number of ether oxygens (including phenoxy) is 1. The van der Waals surface area contributed by atoms with Gasteiger partial charge in [-0.05, 0) is 55.0 Å². The number of nitrogens with one attached hydrogen (secondary N) is 2. The fourth-order valence-corrected chi connectivity index (χ4v) is 2.31. The molecule has 0 aliphatic rings. The van der Waals surface area contributed by atoms with E-state index in [-0.39, 0.29) is 18.3 Å². The molecule has 0 aromatic heterocycles. The van der Waals surface area contributed by atoms with Crippen LogP contribution in [0.4, 0.5) is 15.8 Å². The molecule has 0 bridgehead atoms. The average molecular weight is 344 g/mol. The minimum atomic E-state index is -0.330. The average Bonchev–Trinajstić information content (AvgIpc) is 2.63. The van der Waals surface area contributed by atoms with Crippen LogP contribution in [0.3, 0.4) is 0 Å². The van der Waals surface area contributed by atoms with Gasteiger partial charge in [-0.3, -0.25) is 4.79 Å². The van der Waals surface area contributed by atoms with Gasteiger partial charge in [0.2, 0.25) is 5.91 Å². The standard InChI is InChI=1S/C20H25FN2O2/c1-2-3-4-5-14-25-19-12-10-17(11-13-19)22-15-20(24)23-18-8-6-16(21)7-9-18/h6-13,22H,2-5,14-15H2,1H3,(H,23,24). The smallest absolute Gasteiger partial charge is 0.243 e. The minimum absolute atomic E-state index is 0.134. The van der Waals surface area contributed by atoms with Crippen LogP contribution in [0.1, 0.15) is 32.6 Å². The van der Waals surface area contributed by atoms with E-state index >= 15 is 0 Å². The molecule has 5 heteroatoms. The number of carbonyl (C=O) groups excluding carboxylic acids is 1. The van der Waals surface area contributed by atoms with E-state index in [9.17, 15) is 9.18 Å². The fourth-order valence-electron chi connectivity index (χ4n) is 2.31. The molecule has 2 N–H and O–H groups in total. The predicted molar refractivity (Wildman–Crippen MR) is 99.6 cm³/mol. The van der Waals surface area contributed by atoms with Crippen LogP contribution < -0.4 is 15.4 Å². The van der Waals surface area contributed by atoms with Crippen LogP contribution >= 0.6 is 0 Å². The van der Waals surface area contributed by atoms with E-state index in [2.05, 4.69) is 17.6 Å². The zero-order valence-corrected chi connectivity index (χ0v) is 14.6. The quantitative estimate of drug-likeness (QED) is 0.607. The maximum atomic E-state index is 12.8. The van der Waals surface area contributed by atoms with Gasteiger partial charge in [-0.1, -0.05) is 26.2 Å². The lowest BCUT2D eigenvalue weighted by atomic mass is 10.2. The highest BCUT2D eigenvalue weighted by molar-refractivity contribution is 5.93. The van der Waals surface area contributed by atoms with Crippen molar-refractivity contribution in [3.63, 3.8) is 0 Å². The SMILES string of the molecule is CCCCCCOc1ccc(NCC(=O)Nc2ccc(F)cc2)cc1. The number of benzene rings is 2. The predicted octanol–water partition coefficient (Wildman–Crippen LogP) is 4.84. The van der Waals surface area contributed by atoms with Crippen molar-refractivity contribution >= 4 is 17.3 Å². The van der Waals surface area contributed by atoms with Gasteiger partial charge in [0, 0.05) is 11.4 Å².